The summed E-state index contributed by atoms with van der Waals surface area (Å²) in [5.41, 5.74) is 3.86. The first-order valence-corrected chi connectivity index (χ1v) is 7.54. The van der Waals surface area contributed by atoms with Crippen LogP contribution in [0, 0.1) is 13.8 Å². The number of fused-ring (bicyclic) bond motifs is 1. The van der Waals surface area contributed by atoms with Gasteiger partial charge in [0.05, 0.1) is 16.8 Å². The van der Waals surface area contributed by atoms with Gasteiger partial charge in [0.15, 0.2) is 0 Å². The normalized spacial score (nSPS) is 12.7. The molecule has 0 aromatic heterocycles. The van der Waals surface area contributed by atoms with Crippen molar-refractivity contribution in [3.8, 4) is 5.75 Å². The number of amides is 1. The van der Waals surface area contributed by atoms with Gasteiger partial charge in [-0.3, -0.25) is 4.79 Å². The molecular weight excluding hydrogens is 306 g/mol. The fourth-order valence-electron chi connectivity index (χ4n) is 2.55. The van der Waals surface area contributed by atoms with Crippen molar-refractivity contribution in [1.82, 2.24) is 0 Å². The Labute approximate surface area is 139 Å². The molecule has 1 aliphatic rings. The Morgan fingerprint density at radius 1 is 1.12 bits per heavy atom. The fraction of sp³-hybridized carbons (Fsp3) is 0.158. The molecule has 0 saturated heterocycles. The van der Waals surface area contributed by atoms with Crippen LogP contribution in [0.5, 0.6) is 5.75 Å². The first kappa shape index (κ1) is 15.8. The van der Waals surface area contributed by atoms with Gasteiger partial charge in [0, 0.05) is 5.56 Å². The number of benzene rings is 2. The van der Waals surface area contributed by atoms with Gasteiger partial charge in [-0.25, -0.2) is 4.79 Å². The summed E-state index contributed by atoms with van der Waals surface area (Å²) >= 11 is 0. The summed E-state index contributed by atoms with van der Waals surface area (Å²) in [5.74, 6) is -0.704. The molecule has 24 heavy (non-hydrogen) atoms. The van der Waals surface area contributed by atoms with Crippen LogP contribution in [0.2, 0.25) is 0 Å². The molecule has 2 N–H and O–H groups in total. The average molecular weight is 323 g/mol. The first-order chi connectivity index (χ1) is 11.5. The third-order valence-electron chi connectivity index (χ3n) is 4.04. The fourth-order valence-corrected chi connectivity index (χ4v) is 2.55. The maximum atomic E-state index is 12.5. The van der Waals surface area contributed by atoms with Crippen molar-refractivity contribution in [1.29, 1.82) is 0 Å². The number of aromatic carboxylic acids is 1. The Hall–Kier alpha value is -3.08. The molecule has 0 unspecified atom stereocenters. The van der Waals surface area contributed by atoms with E-state index in [1.54, 1.807) is 24.3 Å². The second-order valence-corrected chi connectivity index (χ2v) is 5.74. The van der Waals surface area contributed by atoms with Crippen molar-refractivity contribution in [2.45, 2.75) is 13.8 Å². The number of carboxylic acid groups (broad SMARTS) is 1. The van der Waals surface area contributed by atoms with Gasteiger partial charge in [-0.2, -0.15) is 0 Å². The van der Waals surface area contributed by atoms with E-state index in [9.17, 15) is 14.7 Å². The number of anilines is 1. The first-order valence-electron chi connectivity index (χ1n) is 7.54. The van der Waals surface area contributed by atoms with Crippen LogP contribution >= 0.6 is 0 Å². The molecule has 3 rings (SSSR count). The van der Waals surface area contributed by atoms with Gasteiger partial charge < -0.3 is 15.2 Å². The third-order valence-corrected chi connectivity index (χ3v) is 4.04. The van der Waals surface area contributed by atoms with Crippen LogP contribution in [0.3, 0.4) is 0 Å². The minimum atomic E-state index is -1.09. The van der Waals surface area contributed by atoms with Gasteiger partial charge in [-0.05, 0) is 55.3 Å². The molecule has 0 saturated carbocycles. The smallest absolute Gasteiger partial charge is 0.337 e. The molecule has 0 bridgehead atoms. The lowest BCUT2D eigenvalue weighted by Gasteiger charge is -2.19. The molecule has 0 fully saturated rings. The Bertz CT molecular complexity index is 868. The summed E-state index contributed by atoms with van der Waals surface area (Å²) in [4.78, 5) is 23.7. The zero-order chi connectivity index (χ0) is 17.3. The van der Waals surface area contributed by atoms with E-state index in [1.165, 1.54) is 6.07 Å². The van der Waals surface area contributed by atoms with Gasteiger partial charge in [-0.1, -0.05) is 12.1 Å². The highest BCUT2D eigenvalue weighted by molar-refractivity contribution is 6.10. The number of para-hydroxylation sites is 1. The van der Waals surface area contributed by atoms with Crippen LogP contribution in [0.15, 0.2) is 42.0 Å². The lowest BCUT2D eigenvalue weighted by molar-refractivity contribution is -0.113. The molecule has 2 aromatic rings. The number of hydrogen-bond acceptors (Lipinski definition) is 3. The van der Waals surface area contributed by atoms with Crippen molar-refractivity contribution >= 4 is 23.6 Å². The van der Waals surface area contributed by atoms with E-state index in [4.69, 9.17) is 4.74 Å². The predicted molar refractivity (Wildman–Crippen MR) is 91.4 cm³/mol. The number of aryl methyl sites for hydroxylation is 2. The van der Waals surface area contributed by atoms with E-state index in [-0.39, 0.29) is 23.8 Å². The molecule has 122 valence electrons. The van der Waals surface area contributed by atoms with Gasteiger partial charge >= 0.3 is 5.97 Å². The molecule has 2 aromatic carbocycles. The number of rotatable bonds is 3. The molecule has 1 aliphatic heterocycles. The van der Waals surface area contributed by atoms with Crippen molar-refractivity contribution in [2.75, 3.05) is 11.9 Å². The number of hydrogen-bond donors (Lipinski definition) is 2. The van der Waals surface area contributed by atoms with Crippen LogP contribution in [0.4, 0.5) is 5.69 Å². The van der Waals surface area contributed by atoms with Gasteiger partial charge in [-0.15, -0.1) is 0 Å². The lowest BCUT2D eigenvalue weighted by Crippen LogP contribution is -2.22. The quantitative estimate of drug-likeness (QED) is 0.907. The highest BCUT2D eigenvalue weighted by Crippen LogP contribution is 2.29. The van der Waals surface area contributed by atoms with E-state index in [0.29, 0.717) is 5.57 Å². The summed E-state index contributed by atoms with van der Waals surface area (Å²) in [6, 6.07) is 10.2. The SMILES string of the molecule is Cc1cc2c(cc1C)OCC(C(=O)Nc1ccccc1C(=O)O)=C2. The maximum Gasteiger partial charge on any atom is 0.337 e. The Kier molecular flexibility index (Phi) is 4.08. The standard InChI is InChI=1S/C19H17NO4/c1-11-7-13-9-14(10-24-17(13)8-12(11)2)18(21)20-16-6-4-3-5-15(16)19(22)23/h3-9H,10H2,1-2H3,(H,20,21)(H,22,23). The van der Waals surface area contributed by atoms with Crippen molar-refractivity contribution in [3.63, 3.8) is 0 Å². The van der Waals surface area contributed by atoms with E-state index in [2.05, 4.69) is 5.32 Å². The number of nitrogens with one attached hydrogen (secondary N) is 1. The van der Waals surface area contributed by atoms with Crippen LogP contribution in [0.1, 0.15) is 27.0 Å². The molecule has 5 nitrogen and oxygen atoms in total. The Balaban J connectivity index is 1.87. The molecular formula is C19H17NO4. The van der Waals surface area contributed by atoms with Crippen molar-refractivity contribution < 1.29 is 19.4 Å². The lowest BCUT2D eigenvalue weighted by atomic mass is 10.0. The monoisotopic (exact) mass is 323 g/mol. The second-order valence-electron chi connectivity index (χ2n) is 5.74. The van der Waals surface area contributed by atoms with E-state index < -0.39 is 5.97 Å². The Morgan fingerprint density at radius 2 is 1.83 bits per heavy atom. The molecule has 5 heteroatoms. The summed E-state index contributed by atoms with van der Waals surface area (Å²) in [6.45, 7) is 4.16. The highest BCUT2D eigenvalue weighted by Gasteiger charge is 2.19. The highest BCUT2D eigenvalue weighted by atomic mass is 16.5. The molecule has 0 radical (unpaired) electrons. The van der Waals surface area contributed by atoms with Gasteiger partial charge in [0.25, 0.3) is 5.91 Å². The van der Waals surface area contributed by atoms with E-state index in [1.807, 2.05) is 26.0 Å². The number of carbonyl (C=O) groups is 2. The van der Waals surface area contributed by atoms with Gasteiger partial charge in [0.1, 0.15) is 12.4 Å². The minimum Gasteiger partial charge on any atom is -0.488 e. The zero-order valence-corrected chi connectivity index (χ0v) is 13.4. The predicted octanol–water partition coefficient (Wildman–Crippen LogP) is 3.42. The molecule has 1 heterocycles. The largest absolute Gasteiger partial charge is 0.488 e. The minimum absolute atomic E-state index is 0.0510. The van der Waals surface area contributed by atoms with Crippen LogP contribution in [0.25, 0.3) is 6.08 Å². The average Bonchev–Trinajstić information content (AvgIpc) is 2.55. The van der Waals surface area contributed by atoms with Crippen LogP contribution in [-0.4, -0.2) is 23.6 Å². The van der Waals surface area contributed by atoms with E-state index >= 15 is 0 Å². The molecule has 0 spiro atoms. The van der Waals surface area contributed by atoms with Gasteiger partial charge in [0.2, 0.25) is 0 Å². The summed E-state index contributed by atoms with van der Waals surface area (Å²) in [6.07, 6.45) is 1.78. The zero-order valence-electron chi connectivity index (χ0n) is 13.4. The molecule has 0 aliphatic carbocycles. The molecule has 0 atom stereocenters. The maximum absolute atomic E-state index is 12.5. The Morgan fingerprint density at radius 3 is 2.58 bits per heavy atom. The molecule has 1 amide bonds. The summed E-state index contributed by atoms with van der Waals surface area (Å²) in [5, 5.41) is 11.8. The van der Waals surface area contributed by atoms with Crippen molar-refractivity contribution in [3.05, 3.63) is 64.2 Å². The van der Waals surface area contributed by atoms with Crippen molar-refractivity contribution in [2.24, 2.45) is 0 Å². The van der Waals surface area contributed by atoms with Crippen LogP contribution < -0.4 is 10.1 Å². The van der Waals surface area contributed by atoms with Crippen LogP contribution in [-0.2, 0) is 4.79 Å². The van der Waals surface area contributed by atoms with E-state index in [0.717, 1.165) is 22.4 Å². The summed E-state index contributed by atoms with van der Waals surface area (Å²) < 4.78 is 5.66. The number of carboxylic acids is 1. The number of carbonyl (C=O) groups excluding carboxylic acids is 1. The topological polar surface area (TPSA) is 75.6 Å². The third kappa shape index (κ3) is 3.01. The summed E-state index contributed by atoms with van der Waals surface area (Å²) in [7, 11) is 0. The second kappa shape index (κ2) is 6.20. The number of ether oxygens (including phenoxy) is 1.